The number of hydrogen-bond acceptors (Lipinski definition) is 5. The number of aliphatic hydroxyl groups is 3. The minimum atomic E-state index is -0.443. The van der Waals surface area contributed by atoms with Crippen LogP contribution in [0.4, 0.5) is 9.41 Å². The molecular formula is C27H60F2N2O3. The Morgan fingerprint density at radius 1 is 0.618 bits per heavy atom. The number of rotatable bonds is 25. The van der Waals surface area contributed by atoms with Gasteiger partial charge in [-0.2, -0.15) is 0 Å². The number of unbranched alkanes of at least 4 members (excludes halogenated alkanes) is 15. The zero-order chi connectivity index (χ0) is 23.9. The van der Waals surface area contributed by atoms with Crippen molar-refractivity contribution < 1.29 is 24.7 Å². The number of hydrazine groups is 1. The maximum absolute atomic E-state index is 9.58. The minimum absolute atomic E-state index is 0. The third-order valence-electron chi connectivity index (χ3n) is 7.39. The van der Waals surface area contributed by atoms with Crippen LogP contribution < -0.4 is 5.84 Å². The van der Waals surface area contributed by atoms with E-state index in [1.54, 1.807) is 0 Å². The Balaban J connectivity index is -0.00000480. The summed E-state index contributed by atoms with van der Waals surface area (Å²) in [5.41, 5.74) is -0.443. The van der Waals surface area contributed by atoms with E-state index in [-0.39, 0.29) is 35.1 Å². The third kappa shape index (κ3) is 18.0. The second kappa shape index (κ2) is 27.3. The summed E-state index contributed by atoms with van der Waals surface area (Å²) in [7, 11) is 0. The van der Waals surface area contributed by atoms with Crippen molar-refractivity contribution in [2.75, 3.05) is 26.4 Å². The average Bonchev–Trinajstić information content (AvgIpc) is 2.78. The Labute approximate surface area is 209 Å². The molecule has 0 saturated heterocycles. The van der Waals surface area contributed by atoms with Gasteiger partial charge in [-0.05, 0) is 31.6 Å². The summed E-state index contributed by atoms with van der Waals surface area (Å²) in [6.07, 6.45) is 23.3. The molecule has 7 heteroatoms. The van der Waals surface area contributed by atoms with Crippen LogP contribution in [0.2, 0.25) is 0 Å². The van der Waals surface area contributed by atoms with Crippen LogP contribution in [0.1, 0.15) is 136 Å². The lowest BCUT2D eigenvalue weighted by molar-refractivity contribution is -0.0135. The van der Waals surface area contributed by atoms with E-state index in [4.69, 9.17) is 5.84 Å². The van der Waals surface area contributed by atoms with Gasteiger partial charge in [0.05, 0.1) is 0 Å². The molecular weight excluding hydrogens is 438 g/mol. The van der Waals surface area contributed by atoms with Gasteiger partial charge in [-0.1, -0.05) is 110 Å². The molecule has 0 amide bonds. The van der Waals surface area contributed by atoms with E-state index in [2.05, 4.69) is 13.8 Å². The summed E-state index contributed by atoms with van der Waals surface area (Å²) < 4.78 is 0. The van der Waals surface area contributed by atoms with Crippen LogP contribution >= 0.6 is 0 Å². The van der Waals surface area contributed by atoms with Crippen molar-refractivity contribution >= 4 is 0 Å². The summed E-state index contributed by atoms with van der Waals surface area (Å²) in [6.45, 7) is 5.31. The number of hydrogen-bond donors (Lipinski definition) is 4. The molecule has 0 radical (unpaired) electrons. The molecule has 0 aliphatic carbocycles. The lowest BCUT2D eigenvalue weighted by atomic mass is 9.77. The molecule has 34 heavy (non-hydrogen) atoms. The lowest BCUT2D eigenvalue weighted by Crippen LogP contribution is -2.58. The van der Waals surface area contributed by atoms with Crippen molar-refractivity contribution in [3.05, 3.63) is 0 Å². The molecule has 0 bridgehead atoms. The molecule has 0 aromatic rings. The van der Waals surface area contributed by atoms with Crippen molar-refractivity contribution in [1.29, 1.82) is 0 Å². The maximum Gasteiger partial charge on any atom is 0.0449 e. The zero-order valence-corrected chi connectivity index (χ0v) is 22.5. The largest absolute Gasteiger partial charge is 0.396 e. The van der Waals surface area contributed by atoms with Gasteiger partial charge in [-0.25, -0.2) is 5.01 Å². The number of nitrogens with two attached hydrogens (primary N) is 1. The maximum atomic E-state index is 9.58. The molecule has 0 heterocycles. The van der Waals surface area contributed by atoms with Crippen LogP contribution in [-0.2, 0) is 0 Å². The highest BCUT2D eigenvalue weighted by Gasteiger charge is 2.39. The Bertz CT molecular complexity index is 387. The lowest BCUT2D eigenvalue weighted by Gasteiger charge is -2.45. The molecule has 0 aromatic heterocycles. The van der Waals surface area contributed by atoms with Crippen molar-refractivity contribution in [1.82, 2.24) is 5.01 Å². The highest BCUT2D eigenvalue weighted by atomic mass is 19.0. The molecule has 5 nitrogen and oxygen atoms in total. The Morgan fingerprint density at radius 2 is 0.971 bits per heavy atom. The first kappa shape index (κ1) is 38.2. The standard InChI is InChI=1S/C27H58N2O3.2FH/c1-3-4-5-6-7-8-9-10-11-12-13-14-15-16-17-18-22-29(28)27(20-24-31,21-25-32)26(2)19-23-30;;/h26,30-32H,3-25,28H2,1-2H3;2*1H. The fraction of sp³-hybridized carbons (Fsp3) is 1.00. The number of nitrogens with zero attached hydrogens (tertiary/aromatic N) is 1. The second-order valence-corrected chi connectivity index (χ2v) is 9.96. The molecule has 0 spiro atoms. The third-order valence-corrected chi connectivity index (χ3v) is 7.39. The van der Waals surface area contributed by atoms with Gasteiger partial charge >= 0.3 is 0 Å². The van der Waals surface area contributed by atoms with Crippen molar-refractivity contribution in [2.45, 2.75) is 141 Å². The van der Waals surface area contributed by atoms with E-state index in [1.165, 1.54) is 96.3 Å². The predicted octanol–water partition coefficient (Wildman–Crippen LogP) is 6.25. The Morgan fingerprint density at radius 3 is 1.29 bits per heavy atom. The molecule has 210 valence electrons. The van der Waals surface area contributed by atoms with Gasteiger partial charge in [0.25, 0.3) is 0 Å². The van der Waals surface area contributed by atoms with Crippen molar-refractivity contribution in [3.8, 4) is 0 Å². The Kier molecular flexibility index (Phi) is 30.6. The normalized spacial score (nSPS) is 12.4. The molecule has 0 fully saturated rings. The highest BCUT2D eigenvalue weighted by molar-refractivity contribution is 4.92. The van der Waals surface area contributed by atoms with E-state index in [9.17, 15) is 15.3 Å². The summed E-state index contributed by atoms with van der Waals surface area (Å²) in [4.78, 5) is 0. The molecule has 1 unspecified atom stereocenters. The van der Waals surface area contributed by atoms with Gasteiger partial charge in [0, 0.05) is 31.9 Å². The van der Waals surface area contributed by atoms with Crippen LogP contribution in [0, 0.1) is 5.92 Å². The predicted molar refractivity (Wildman–Crippen MR) is 142 cm³/mol. The molecule has 5 N–H and O–H groups in total. The first-order valence-electron chi connectivity index (χ1n) is 13.9. The molecule has 0 aliphatic rings. The fourth-order valence-corrected chi connectivity index (χ4v) is 5.09. The van der Waals surface area contributed by atoms with Gasteiger partial charge in [-0.3, -0.25) is 15.3 Å². The van der Waals surface area contributed by atoms with E-state index >= 15 is 0 Å². The first-order valence-corrected chi connectivity index (χ1v) is 13.9. The Hall–Kier alpha value is -0.340. The second-order valence-electron chi connectivity index (χ2n) is 9.96. The summed E-state index contributed by atoms with van der Waals surface area (Å²) in [5.74, 6) is 6.57. The average molecular weight is 499 g/mol. The van der Waals surface area contributed by atoms with Gasteiger partial charge < -0.3 is 15.3 Å². The topological polar surface area (TPSA) is 90.0 Å². The number of halogens is 2. The quantitative estimate of drug-likeness (QED) is 0.0678. The molecule has 1 atom stereocenters. The number of aliphatic hydroxyl groups excluding tert-OH is 3. The van der Waals surface area contributed by atoms with E-state index in [1.807, 2.05) is 5.01 Å². The minimum Gasteiger partial charge on any atom is -0.396 e. The highest BCUT2D eigenvalue weighted by Crippen LogP contribution is 2.33. The summed E-state index contributed by atoms with van der Waals surface area (Å²) in [6, 6.07) is 0. The van der Waals surface area contributed by atoms with Crippen molar-refractivity contribution in [3.63, 3.8) is 0 Å². The fourth-order valence-electron chi connectivity index (χ4n) is 5.09. The van der Waals surface area contributed by atoms with Gasteiger partial charge in [-0.15, -0.1) is 0 Å². The van der Waals surface area contributed by atoms with Crippen LogP contribution in [0.5, 0.6) is 0 Å². The van der Waals surface area contributed by atoms with Crippen LogP contribution in [0.25, 0.3) is 0 Å². The van der Waals surface area contributed by atoms with Crippen LogP contribution in [0.3, 0.4) is 0 Å². The monoisotopic (exact) mass is 498 g/mol. The van der Waals surface area contributed by atoms with Gasteiger partial charge in [0.2, 0.25) is 0 Å². The van der Waals surface area contributed by atoms with Crippen molar-refractivity contribution in [2.24, 2.45) is 11.8 Å². The first-order chi connectivity index (χ1) is 15.6. The summed E-state index contributed by atoms with van der Waals surface area (Å²) in [5, 5.41) is 30.4. The zero-order valence-electron chi connectivity index (χ0n) is 22.5. The van der Waals surface area contributed by atoms with Gasteiger partial charge in [0.15, 0.2) is 0 Å². The molecule has 0 saturated carbocycles. The van der Waals surface area contributed by atoms with Crippen LogP contribution in [-0.4, -0.2) is 52.2 Å². The van der Waals surface area contributed by atoms with E-state index in [0.29, 0.717) is 19.3 Å². The molecule has 0 rings (SSSR count). The van der Waals surface area contributed by atoms with E-state index in [0.717, 1.165) is 13.0 Å². The smallest absolute Gasteiger partial charge is 0.0449 e. The molecule has 0 aliphatic heterocycles. The van der Waals surface area contributed by atoms with Crippen LogP contribution in [0.15, 0.2) is 0 Å². The van der Waals surface area contributed by atoms with Gasteiger partial charge in [0.1, 0.15) is 0 Å². The SMILES string of the molecule is CCCCCCCCCCCCCCCCCCN(N)C(CCO)(CCO)C(C)CCO.F.F. The summed E-state index contributed by atoms with van der Waals surface area (Å²) >= 11 is 0. The molecule has 0 aromatic carbocycles. The van der Waals surface area contributed by atoms with E-state index < -0.39 is 5.54 Å².